The van der Waals surface area contributed by atoms with Gasteiger partial charge in [-0.15, -0.1) is 0 Å². The lowest BCUT2D eigenvalue weighted by Crippen LogP contribution is -2.35. The molecule has 0 fully saturated rings. The molecule has 0 spiro atoms. The van der Waals surface area contributed by atoms with Gasteiger partial charge in [0.15, 0.2) is 0 Å². The van der Waals surface area contributed by atoms with Crippen LogP contribution < -0.4 is 4.31 Å². The first-order valence-electron chi connectivity index (χ1n) is 6.76. The minimum atomic E-state index is -3.35. The normalized spacial score (nSPS) is 18.1. The van der Waals surface area contributed by atoms with Crippen LogP contribution in [0.2, 0.25) is 0 Å². The molecule has 110 valence electrons. The smallest absolute Gasteiger partial charge is 0.235 e. The van der Waals surface area contributed by atoms with Gasteiger partial charge in [-0.1, -0.05) is 37.2 Å². The summed E-state index contributed by atoms with van der Waals surface area (Å²) in [5.41, 5.74) is 1.85. The van der Waals surface area contributed by atoms with Gasteiger partial charge in [-0.2, -0.15) is 0 Å². The number of para-hydroxylation sites is 1. The molecule has 0 radical (unpaired) electrons. The molecule has 0 amide bonds. The largest absolute Gasteiger partial charge is 0.411 e. The van der Waals surface area contributed by atoms with Crippen LogP contribution in [0.1, 0.15) is 32.3 Å². The van der Waals surface area contributed by atoms with Gasteiger partial charge in [0.1, 0.15) is 0 Å². The van der Waals surface area contributed by atoms with Crippen LogP contribution in [0.25, 0.3) is 0 Å². The van der Waals surface area contributed by atoms with Crippen LogP contribution >= 0.6 is 0 Å². The number of rotatable bonds is 3. The fourth-order valence-corrected chi connectivity index (χ4v) is 4.37. The van der Waals surface area contributed by atoms with Crippen molar-refractivity contribution in [3.8, 4) is 0 Å². The first-order valence-corrected chi connectivity index (χ1v) is 8.37. The van der Waals surface area contributed by atoms with Crippen LogP contribution in [0.3, 0.4) is 0 Å². The molecular formula is C14H20N2O3S. The van der Waals surface area contributed by atoms with E-state index in [4.69, 9.17) is 5.21 Å². The van der Waals surface area contributed by atoms with Gasteiger partial charge < -0.3 is 5.21 Å². The summed E-state index contributed by atoms with van der Waals surface area (Å²) < 4.78 is 26.5. The van der Waals surface area contributed by atoms with Crippen LogP contribution in [-0.4, -0.2) is 31.6 Å². The molecule has 0 atom stereocenters. The molecule has 6 heteroatoms. The van der Waals surface area contributed by atoms with E-state index in [0.29, 0.717) is 36.3 Å². The van der Waals surface area contributed by atoms with E-state index in [1.54, 1.807) is 18.2 Å². The quantitative estimate of drug-likeness (QED) is 0.688. The second-order valence-corrected chi connectivity index (χ2v) is 7.35. The van der Waals surface area contributed by atoms with Gasteiger partial charge in [0.25, 0.3) is 0 Å². The zero-order chi connectivity index (χ0) is 14.8. The Balaban J connectivity index is 2.50. The summed E-state index contributed by atoms with van der Waals surface area (Å²) in [4.78, 5) is 0. The molecule has 1 aromatic carbocycles. The van der Waals surface area contributed by atoms with Gasteiger partial charge >= 0.3 is 0 Å². The van der Waals surface area contributed by atoms with E-state index >= 15 is 0 Å². The fraction of sp³-hybridized carbons (Fsp3) is 0.500. The molecule has 0 saturated heterocycles. The van der Waals surface area contributed by atoms with Crippen molar-refractivity contribution in [3.05, 3.63) is 29.8 Å². The van der Waals surface area contributed by atoms with Crippen molar-refractivity contribution in [2.45, 2.75) is 26.7 Å². The van der Waals surface area contributed by atoms with E-state index in [0.717, 1.165) is 0 Å². The maximum atomic E-state index is 12.5. The van der Waals surface area contributed by atoms with Gasteiger partial charge in [-0.3, -0.25) is 4.31 Å². The second kappa shape index (κ2) is 5.83. The fourth-order valence-electron chi connectivity index (χ4n) is 2.48. The molecule has 1 aliphatic heterocycles. The molecular weight excluding hydrogens is 276 g/mol. The lowest BCUT2D eigenvalue weighted by Gasteiger charge is -2.25. The number of benzene rings is 1. The molecule has 0 bridgehead atoms. The highest BCUT2D eigenvalue weighted by Gasteiger charge is 2.28. The van der Waals surface area contributed by atoms with E-state index in [1.807, 2.05) is 19.9 Å². The Labute approximate surface area is 120 Å². The zero-order valence-corrected chi connectivity index (χ0v) is 12.6. The molecule has 20 heavy (non-hydrogen) atoms. The van der Waals surface area contributed by atoms with Crippen molar-refractivity contribution in [2.75, 3.05) is 16.6 Å². The summed E-state index contributed by atoms with van der Waals surface area (Å²) in [6, 6.07) is 7.19. The topological polar surface area (TPSA) is 70.0 Å². The van der Waals surface area contributed by atoms with Crippen molar-refractivity contribution in [1.82, 2.24) is 0 Å². The molecule has 1 aromatic rings. The third-order valence-corrected chi connectivity index (χ3v) is 5.40. The summed E-state index contributed by atoms with van der Waals surface area (Å²) >= 11 is 0. The van der Waals surface area contributed by atoms with Crippen LogP contribution in [-0.2, 0) is 10.0 Å². The Bertz CT molecular complexity index is 609. The number of nitrogens with zero attached hydrogens (tertiary/aromatic N) is 2. The van der Waals surface area contributed by atoms with E-state index < -0.39 is 10.0 Å². The SMILES string of the molecule is CC(C)CS(=O)(=O)N1CCC/C(=N/O)c2ccccc21. The maximum absolute atomic E-state index is 12.5. The van der Waals surface area contributed by atoms with E-state index in [1.165, 1.54) is 4.31 Å². The van der Waals surface area contributed by atoms with Gasteiger partial charge in [-0.05, 0) is 24.8 Å². The number of anilines is 1. The Kier molecular flexibility index (Phi) is 4.32. The van der Waals surface area contributed by atoms with E-state index in [-0.39, 0.29) is 11.7 Å². The maximum Gasteiger partial charge on any atom is 0.235 e. The standard InChI is InChI=1S/C14H20N2O3S/c1-11(2)10-20(18,19)16-9-5-7-13(15-17)12-6-3-4-8-14(12)16/h3-4,6,8,11,17H,5,7,9-10H2,1-2H3/b15-13-. The summed E-state index contributed by atoms with van der Waals surface area (Å²) in [5.74, 6) is 0.189. The Morgan fingerprint density at radius 1 is 1.35 bits per heavy atom. The minimum absolute atomic E-state index is 0.0707. The van der Waals surface area contributed by atoms with E-state index in [9.17, 15) is 8.42 Å². The predicted molar refractivity (Wildman–Crippen MR) is 80.0 cm³/mol. The summed E-state index contributed by atoms with van der Waals surface area (Å²) in [6.45, 7) is 4.20. The van der Waals surface area contributed by atoms with Gasteiger partial charge in [-0.25, -0.2) is 8.42 Å². The highest BCUT2D eigenvalue weighted by Crippen LogP contribution is 2.29. The lowest BCUT2D eigenvalue weighted by molar-refractivity contribution is 0.318. The Morgan fingerprint density at radius 3 is 2.70 bits per heavy atom. The molecule has 1 aliphatic rings. The number of fused-ring (bicyclic) bond motifs is 1. The van der Waals surface area contributed by atoms with Gasteiger partial charge in [0.2, 0.25) is 10.0 Å². The van der Waals surface area contributed by atoms with Crippen molar-refractivity contribution < 1.29 is 13.6 Å². The number of hydrogen-bond acceptors (Lipinski definition) is 4. The summed E-state index contributed by atoms with van der Waals surface area (Å²) in [5, 5.41) is 12.4. The molecule has 1 heterocycles. The Hall–Kier alpha value is -1.56. The predicted octanol–water partition coefficient (Wildman–Crippen LogP) is 2.45. The molecule has 0 saturated carbocycles. The van der Waals surface area contributed by atoms with Crippen molar-refractivity contribution in [3.63, 3.8) is 0 Å². The molecule has 0 aromatic heterocycles. The number of sulfonamides is 1. The molecule has 5 nitrogen and oxygen atoms in total. The first-order chi connectivity index (χ1) is 9.45. The van der Waals surface area contributed by atoms with Crippen LogP contribution in [0.15, 0.2) is 29.4 Å². The third-order valence-electron chi connectivity index (χ3n) is 3.26. The zero-order valence-electron chi connectivity index (χ0n) is 11.8. The van der Waals surface area contributed by atoms with Gasteiger partial charge in [0.05, 0.1) is 17.2 Å². The molecule has 0 aliphatic carbocycles. The monoisotopic (exact) mass is 296 g/mol. The number of hydrogen-bond donors (Lipinski definition) is 1. The average Bonchev–Trinajstić information content (AvgIpc) is 2.56. The molecule has 2 rings (SSSR count). The highest BCUT2D eigenvalue weighted by atomic mass is 32.2. The van der Waals surface area contributed by atoms with Crippen LogP contribution in [0.4, 0.5) is 5.69 Å². The Morgan fingerprint density at radius 2 is 2.05 bits per heavy atom. The van der Waals surface area contributed by atoms with Crippen LogP contribution in [0, 0.1) is 5.92 Å². The second-order valence-electron chi connectivity index (χ2n) is 5.41. The highest BCUT2D eigenvalue weighted by molar-refractivity contribution is 7.92. The number of oxime groups is 1. The lowest BCUT2D eigenvalue weighted by atomic mass is 10.1. The van der Waals surface area contributed by atoms with Crippen molar-refractivity contribution in [2.24, 2.45) is 11.1 Å². The van der Waals surface area contributed by atoms with Crippen molar-refractivity contribution in [1.29, 1.82) is 0 Å². The van der Waals surface area contributed by atoms with E-state index in [2.05, 4.69) is 5.16 Å². The summed E-state index contributed by atoms with van der Waals surface area (Å²) in [6.07, 6.45) is 1.21. The minimum Gasteiger partial charge on any atom is -0.411 e. The molecule has 1 N–H and O–H groups in total. The first kappa shape index (κ1) is 14.8. The third kappa shape index (κ3) is 2.95. The molecule has 0 unspecified atom stereocenters. The van der Waals surface area contributed by atoms with Crippen molar-refractivity contribution >= 4 is 21.4 Å². The average molecular weight is 296 g/mol. The summed E-state index contributed by atoms with van der Waals surface area (Å²) in [7, 11) is -3.35. The van der Waals surface area contributed by atoms with Gasteiger partial charge in [0, 0.05) is 12.1 Å². The van der Waals surface area contributed by atoms with Crippen LogP contribution in [0.5, 0.6) is 0 Å².